The van der Waals surface area contributed by atoms with Gasteiger partial charge in [-0.15, -0.1) is 12.4 Å². The lowest BCUT2D eigenvalue weighted by molar-refractivity contribution is 0.0720. The molecule has 0 unspecified atom stereocenters. The normalized spacial score (nSPS) is 16.7. The highest BCUT2D eigenvalue weighted by atomic mass is 127. The van der Waals surface area contributed by atoms with Crippen LogP contribution < -0.4 is 10.2 Å². The van der Waals surface area contributed by atoms with Crippen LogP contribution in [-0.2, 0) is 5.60 Å². The van der Waals surface area contributed by atoms with E-state index in [-0.39, 0.29) is 18.3 Å². The Morgan fingerprint density at radius 3 is 2.61 bits per heavy atom. The molecule has 0 aliphatic carbocycles. The maximum absolute atomic E-state index is 13.4. The zero-order valence-electron chi connectivity index (χ0n) is 18.4. The second kappa shape index (κ2) is 9.44. The second-order valence-corrected chi connectivity index (χ2v) is 10.3. The maximum Gasteiger partial charge on any atom is 0.286 e. The van der Waals surface area contributed by atoms with Crippen LogP contribution in [0.5, 0.6) is 5.75 Å². The summed E-state index contributed by atoms with van der Waals surface area (Å²) in [5.74, 6) is 0.546. The summed E-state index contributed by atoms with van der Waals surface area (Å²) in [6, 6.07) is 13.6. The molecule has 9 heteroatoms. The summed E-state index contributed by atoms with van der Waals surface area (Å²) >= 11 is 8.84. The molecule has 2 aromatic carbocycles. The second-order valence-electron chi connectivity index (χ2n) is 8.68. The van der Waals surface area contributed by atoms with Crippen molar-refractivity contribution in [3.8, 4) is 22.7 Å². The Morgan fingerprint density at radius 2 is 1.88 bits per heavy atom. The summed E-state index contributed by atoms with van der Waals surface area (Å²) in [7, 11) is 0. The molecular weight excluding hydrogens is 574 g/mol. The zero-order valence-corrected chi connectivity index (χ0v) is 22.1. The fourth-order valence-electron chi connectivity index (χ4n) is 4.50. The summed E-state index contributed by atoms with van der Waals surface area (Å²) < 4.78 is 9.27. The number of carbonyl (C=O) groups excluding carboxylic acids is 1. The predicted octanol–water partition coefficient (Wildman–Crippen LogP) is 5.98. The average molecular weight is 599 g/mol. The number of benzene rings is 2. The first kappa shape index (κ1) is 24.3. The molecule has 2 aliphatic heterocycles. The number of nitrogens with one attached hydrogen (secondary N) is 1. The lowest BCUT2D eigenvalue weighted by atomic mass is 9.89. The van der Waals surface area contributed by atoms with Crippen molar-refractivity contribution in [3.05, 3.63) is 62.3 Å². The van der Waals surface area contributed by atoms with Gasteiger partial charge < -0.3 is 4.74 Å². The molecule has 33 heavy (non-hydrogen) atoms. The quantitative estimate of drug-likeness (QED) is 0.377. The van der Waals surface area contributed by atoms with E-state index in [2.05, 4.69) is 28.0 Å². The van der Waals surface area contributed by atoms with Crippen LogP contribution >= 0.6 is 46.6 Å². The Labute approximate surface area is 218 Å². The summed E-state index contributed by atoms with van der Waals surface area (Å²) in [5.41, 5.74) is 5.90. The molecule has 0 atom stereocenters. The number of rotatable bonds is 3. The van der Waals surface area contributed by atoms with Crippen molar-refractivity contribution in [2.24, 2.45) is 0 Å². The van der Waals surface area contributed by atoms with Gasteiger partial charge in [0, 0.05) is 22.2 Å². The molecular formula is C24H25Cl2IN4O2. The number of fused-ring (bicyclic) bond motifs is 3. The van der Waals surface area contributed by atoms with E-state index in [4.69, 9.17) is 21.4 Å². The van der Waals surface area contributed by atoms with E-state index in [1.165, 1.54) is 6.42 Å². The van der Waals surface area contributed by atoms with Gasteiger partial charge in [0.25, 0.3) is 5.91 Å². The first-order valence-corrected chi connectivity index (χ1v) is 12.2. The van der Waals surface area contributed by atoms with Gasteiger partial charge in [0.15, 0.2) is 5.69 Å². The Bertz CT molecular complexity index is 1210. The number of hydrogen-bond donors (Lipinski definition) is 1. The van der Waals surface area contributed by atoms with E-state index >= 15 is 0 Å². The topological polar surface area (TPSA) is 59.4 Å². The lowest BCUT2D eigenvalue weighted by Gasteiger charge is -2.34. The van der Waals surface area contributed by atoms with Crippen molar-refractivity contribution in [1.82, 2.24) is 20.2 Å². The molecule has 2 aliphatic rings. The molecule has 0 spiro atoms. The third kappa shape index (κ3) is 4.48. The van der Waals surface area contributed by atoms with Crippen LogP contribution in [0.3, 0.4) is 0 Å². The Kier molecular flexibility index (Phi) is 6.96. The van der Waals surface area contributed by atoms with Crippen LogP contribution in [-0.4, -0.2) is 33.8 Å². The number of halogens is 3. The van der Waals surface area contributed by atoms with E-state index in [0.29, 0.717) is 10.7 Å². The fraction of sp³-hybridized carbons (Fsp3) is 0.333. The molecule has 5 rings (SSSR count). The van der Waals surface area contributed by atoms with Crippen LogP contribution in [0.25, 0.3) is 16.9 Å². The highest BCUT2D eigenvalue weighted by Gasteiger charge is 2.41. The van der Waals surface area contributed by atoms with Crippen LogP contribution in [0.15, 0.2) is 42.5 Å². The molecule has 3 heterocycles. The van der Waals surface area contributed by atoms with Gasteiger partial charge in [0.2, 0.25) is 0 Å². The molecule has 1 amide bonds. The third-order valence-electron chi connectivity index (χ3n) is 5.96. The molecule has 1 N–H and O–H groups in total. The molecule has 1 saturated heterocycles. The lowest BCUT2D eigenvalue weighted by Crippen LogP contribution is -2.46. The number of para-hydroxylation sites is 1. The number of ether oxygens (including phenoxy) is 1. The predicted molar refractivity (Wildman–Crippen MR) is 141 cm³/mol. The Hall–Kier alpha value is -1.81. The highest BCUT2D eigenvalue weighted by Crippen LogP contribution is 2.48. The minimum Gasteiger partial charge on any atom is -0.482 e. The van der Waals surface area contributed by atoms with E-state index in [1.807, 2.05) is 61.3 Å². The number of hydrogen-bond acceptors (Lipinski definition) is 4. The Balaban J connectivity index is 0.00000259. The number of aromatic nitrogens is 2. The van der Waals surface area contributed by atoms with Gasteiger partial charge in [-0.3, -0.25) is 10.2 Å². The monoisotopic (exact) mass is 598 g/mol. The zero-order chi connectivity index (χ0) is 22.5. The summed E-state index contributed by atoms with van der Waals surface area (Å²) in [6.45, 7) is 5.65. The number of amides is 1. The van der Waals surface area contributed by atoms with Crippen LogP contribution in [0.1, 0.15) is 49.2 Å². The number of piperidine rings is 1. The Morgan fingerprint density at radius 1 is 1.15 bits per heavy atom. The average Bonchev–Trinajstić information content (AvgIpc) is 3.16. The van der Waals surface area contributed by atoms with Crippen molar-refractivity contribution in [2.75, 3.05) is 13.1 Å². The van der Waals surface area contributed by atoms with Gasteiger partial charge in [-0.05, 0) is 79.6 Å². The van der Waals surface area contributed by atoms with Gasteiger partial charge in [-0.2, -0.15) is 5.10 Å². The van der Waals surface area contributed by atoms with Crippen LogP contribution in [0, 0.1) is 3.57 Å². The summed E-state index contributed by atoms with van der Waals surface area (Å²) in [6.07, 6.45) is 3.35. The molecule has 3 aromatic rings. The molecule has 1 aromatic heterocycles. The smallest absolute Gasteiger partial charge is 0.286 e. The first-order valence-electron chi connectivity index (χ1n) is 10.8. The largest absolute Gasteiger partial charge is 0.482 e. The standard InChI is InChI=1S/C24H24ClIN4O2.ClH/c1-24(2)20-21(23(31)28-29-12-6-3-7-13-29)27-30(18-9-5-4-8-17(18)25)22(20)16-11-10-15(26)14-19(16)32-24;/h4-5,8-11,14H,3,6-7,12-13H2,1-2H3,(H,28,31);1H. The van der Waals surface area contributed by atoms with E-state index < -0.39 is 5.60 Å². The molecule has 0 radical (unpaired) electrons. The number of hydrazine groups is 1. The van der Waals surface area contributed by atoms with Crippen molar-refractivity contribution in [1.29, 1.82) is 0 Å². The molecule has 6 nitrogen and oxygen atoms in total. The van der Waals surface area contributed by atoms with Crippen molar-refractivity contribution in [3.63, 3.8) is 0 Å². The van der Waals surface area contributed by atoms with Gasteiger partial charge in [0.1, 0.15) is 11.4 Å². The minimum atomic E-state index is -0.749. The third-order valence-corrected chi connectivity index (χ3v) is 6.95. The van der Waals surface area contributed by atoms with E-state index in [1.54, 1.807) is 4.68 Å². The van der Waals surface area contributed by atoms with Crippen molar-refractivity contribution < 1.29 is 9.53 Å². The fourth-order valence-corrected chi connectivity index (χ4v) is 5.18. The van der Waals surface area contributed by atoms with Gasteiger partial charge >= 0.3 is 0 Å². The molecule has 1 fully saturated rings. The summed E-state index contributed by atoms with van der Waals surface area (Å²) in [5, 5.41) is 7.37. The van der Waals surface area contributed by atoms with Crippen molar-refractivity contribution in [2.45, 2.75) is 38.7 Å². The number of nitrogens with zero attached hydrogens (tertiary/aromatic N) is 3. The van der Waals surface area contributed by atoms with E-state index in [9.17, 15) is 4.79 Å². The highest BCUT2D eigenvalue weighted by molar-refractivity contribution is 14.1. The molecule has 174 valence electrons. The minimum absolute atomic E-state index is 0. The number of carbonyl (C=O) groups is 1. The van der Waals surface area contributed by atoms with Gasteiger partial charge in [0.05, 0.1) is 22.0 Å². The van der Waals surface area contributed by atoms with E-state index in [0.717, 1.165) is 57.8 Å². The molecule has 0 bridgehead atoms. The first-order chi connectivity index (χ1) is 15.3. The summed E-state index contributed by atoms with van der Waals surface area (Å²) in [4.78, 5) is 13.4. The van der Waals surface area contributed by atoms with Gasteiger partial charge in [-0.25, -0.2) is 9.69 Å². The van der Waals surface area contributed by atoms with Crippen LogP contribution in [0.4, 0.5) is 0 Å². The van der Waals surface area contributed by atoms with Gasteiger partial charge in [-0.1, -0.05) is 30.2 Å². The molecule has 0 saturated carbocycles. The maximum atomic E-state index is 13.4. The SMILES string of the molecule is CC1(C)Oc2cc(I)ccc2-c2c1c(C(=O)NN1CCCCC1)nn2-c1ccccc1Cl.Cl. The van der Waals surface area contributed by atoms with Crippen molar-refractivity contribution >= 4 is 52.5 Å². The van der Waals surface area contributed by atoms with Crippen LogP contribution in [0.2, 0.25) is 5.02 Å².